The first kappa shape index (κ1) is 7.85. The lowest BCUT2D eigenvalue weighted by Crippen LogP contribution is -2.15. The molecular weight excluding hydrogens is 140 g/mol. The minimum absolute atomic E-state index is 0.302. The molecule has 1 rings (SSSR count). The summed E-state index contributed by atoms with van der Waals surface area (Å²) in [5.41, 5.74) is 12.5. The Morgan fingerprint density at radius 1 is 1.45 bits per heavy atom. The van der Waals surface area contributed by atoms with Gasteiger partial charge >= 0.3 is 0 Å². The van der Waals surface area contributed by atoms with Crippen LogP contribution in [0, 0.1) is 0 Å². The van der Waals surface area contributed by atoms with Crippen LogP contribution < -0.4 is 11.5 Å². The van der Waals surface area contributed by atoms with Gasteiger partial charge in [-0.25, -0.2) is 0 Å². The number of carbonyl (C=O) groups excluding carboxylic acids is 1. The topological polar surface area (TPSA) is 69.1 Å². The predicted octanol–water partition coefficient (Wildman–Crippen LogP) is 0.425. The first-order valence-corrected chi connectivity index (χ1v) is 3.60. The van der Waals surface area contributed by atoms with Crippen molar-refractivity contribution in [3.8, 4) is 0 Å². The molecule has 0 aromatic rings. The highest BCUT2D eigenvalue weighted by Gasteiger charge is 2.07. The summed E-state index contributed by atoms with van der Waals surface area (Å²) < 4.78 is 0. The van der Waals surface area contributed by atoms with Gasteiger partial charge in [0, 0.05) is 18.5 Å². The van der Waals surface area contributed by atoms with E-state index in [-0.39, 0.29) is 5.91 Å². The van der Waals surface area contributed by atoms with E-state index in [1.807, 2.05) is 12.2 Å². The first-order valence-electron chi connectivity index (χ1n) is 3.60. The molecule has 3 heteroatoms. The molecule has 0 heterocycles. The van der Waals surface area contributed by atoms with E-state index in [1.54, 1.807) is 0 Å². The molecule has 4 N–H and O–H groups in total. The van der Waals surface area contributed by atoms with Gasteiger partial charge in [0.15, 0.2) is 0 Å². The monoisotopic (exact) mass is 152 g/mol. The summed E-state index contributed by atoms with van der Waals surface area (Å²) >= 11 is 0. The van der Waals surface area contributed by atoms with E-state index in [1.165, 1.54) is 0 Å². The Labute approximate surface area is 65.8 Å². The predicted molar refractivity (Wildman–Crippen MR) is 43.4 cm³/mol. The first-order chi connectivity index (χ1) is 5.20. The lowest BCUT2D eigenvalue weighted by Gasteiger charge is -2.10. The third kappa shape index (κ3) is 2.11. The van der Waals surface area contributed by atoms with Crippen LogP contribution >= 0.6 is 0 Å². The van der Waals surface area contributed by atoms with Crippen LogP contribution in [0.1, 0.15) is 19.3 Å². The fourth-order valence-electron chi connectivity index (χ4n) is 1.11. The number of allylic oxidation sites excluding steroid dienone is 2. The van der Waals surface area contributed by atoms with Crippen molar-refractivity contribution >= 4 is 5.91 Å². The lowest BCUT2D eigenvalue weighted by molar-refractivity contribution is -0.117. The number of hydrogen-bond donors (Lipinski definition) is 2. The maximum Gasteiger partial charge on any atom is 0.221 e. The molecule has 0 aromatic carbocycles. The number of amides is 1. The second kappa shape index (κ2) is 3.23. The molecule has 0 unspecified atom stereocenters. The zero-order chi connectivity index (χ0) is 8.27. The van der Waals surface area contributed by atoms with Gasteiger partial charge in [-0.1, -0.05) is 12.2 Å². The highest BCUT2D eigenvalue weighted by molar-refractivity contribution is 5.76. The van der Waals surface area contributed by atoms with Crippen LogP contribution in [-0.4, -0.2) is 5.91 Å². The molecule has 0 saturated heterocycles. The molecule has 0 radical (unpaired) electrons. The van der Waals surface area contributed by atoms with Crippen LogP contribution in [0.5, 0.6) is 0 Å². The highest BCUT2D eigenvalue weighted by atomic mass is 16.1. The molecule has 1 amide bonds. The molecule has 0 fully saturated rings. The molecule has 1 aliphatic rings. The number of rotatable bonds is 2. The average molecular weight is 152 g/mol. The molecule has 0 saturated carbocycles. The summed E-state index contributed by atoms with van der Waals surface area (Å²) in [5, 5.41) is 0. The van der Waals surface area contributed by atoms with E-state index in [0.717, 1.165) is 24.1 Å². The van der Waals surface area contributed by atoms with E-state index in [9.17, 15) is 4.79 Å². The quantitative estimate of drug-likeness (QED) is 0.563. The van der Waals surface area contributed by atoms with Gasteiger partial charge in [-0.2, -0.15) is 0 Å². The molecule has 0 atom stereocenters. The largest absolute Gasteiger partial charge is 0.402 e. The van der Waals surface area contributed by atoms with Crippen molar-refractivity contribution in [2.45, 2.75) is 19.3 Å². The zero-order valence-electron chi connectivity index (χ0n) is 6.34. The molecule has 3 nitrogen and oxygen atoms in total. The number of nitrogens with two attached hydrogens (primary N) is 2. The van der Waals surface area contributed by atoms with Gasteiger partial charge in [-0.15, -0.1) is 0 Å². The maximum absolute atomic E-state index is 10.5. The van der Waals surface area contributed by atoms with Crippen molar-refractivity contribution in [3.63, 3.8) is 0 Å². The van der Waals surface area contributed by atoms with Crippen molar-refractivity contribution in [2.75, 3.05) is 0 Å². The summed E-state index contributed by atoms with van der Waals surface area (Å²) in [6.45, 7) is 0. The minimum atomic E-state index is -0.307. The summed E-state index contributed by atoms with van der Waals surface area (Å²) in [6, 6.07) is 0. The molecule has 0 aromatic heterocycles. The van der Waals surface area contributed by atoms with Crippen LogP contribution in [0.25, 0.3) is 0 Å². The Hall–Kier alpha value is -1.25. The second-order valence-electron chi connectivity index (χ2n) is 2.65. The van der Waals surface area contributed by atoms with Gasteiger partial charge < -0.3 is 11.5 Å². The van der Waals surface area contributed by atoms with Crippen molar-refractivity contribution in [2.24, 2.45) is 11.5 Å². The summed E-state index contributed by atoms with van der Waals surface area (Å²) in [5.74, 6) is -0.307. The Kier molecular flexibility index (Phi) is 2.31. The van der Waals surface area contributed by atoms with Gasteiger partial charge in [-0.3, -0.25) is 4.79 Å². The Bertz CT molecular complexity index is 228. The lowest BCUT2D eigenvalue weighted by atomic mass is 10.00. The fraction of sp³-hybridized carbons (Fsp3) is 0.375. The summed E-state index contributed by atoms with van der Waals surface area (Å²) in [6.07, 6.45) is 5.84. The Balaban J connectivity index is 2.61. The van der Waals surface area contributed by atoms with Crippen molar-refractivity contribution in [3.05, 3.63) is 23.4 Å². The van der Waals surface area contributed by atoms with Gasteiger partial charge in [0.2, 0.25) is 5.91 Å². The molecule has 0 bridgehead atoms. The van der Waals surface area contributed by atoms with Crippen LogP contribution in [0.4, 0.5) is 0 Å². The smallest absolute Gasteiger partial charge is 0.221 e. The summed E-state index contributed by atoms with van der Waals surface area (Å²) in [7, 11) is 0. The number of hydrogen-bond acceptors (Lipinski definition) is 2. The van der Waals surface area contributed by atoms with Crippen LogP contribution in [0.2, 0.25) is 0 Å². The highest BCUT2D eigenvalue weighted by Crippen LogP contribution is 2.17. The van der Waals surface area contributed by atoms with E-state index < -0.39 is 0 Å². The normalized spacial score (nSPS) is 17.1. The van der Waals surface area contributed by atoms with E-state index in [4.69, 9.17) is 11.5 Å². The van der Waals surface area contributed by atoms with Crippen LogP contribution in [0.3, 0.4) is 0 Å². The summed E-state index contributed by atoms with van der Waals surface area (Å²) in [4.78, 5) is 10.5. The van der Waals surface area contributed by atoms with Crippen LogP contribution in [-0.2, 0) is 4.79 Å². The molecule has 1 aliphatic carbocycles. The van der Waals surface area contributed by atoms with Crippen LogP contribution in [0.15, 0.2) is 23.4 Å². The third-order valence-electron chi connectivity index (χ3n) is 1.71. The van der Waals surface area contributed by atoms with Gasteiger partial charge in [0.25, 0.3) is 0 Å². The maximum atomic E-state index is 10.5. The Morgan fingerprint density at radius 3 is 2.64 bits per heavy atom. The zero-order valence-corrected chi connectivity index (χ0v) is 6.34. The second-order valence-corrected chi connectivity index (χ2v) is 2.65. The molecule has 60 valence electrons. The van der Waals surface area contributed by atoms with E-state index >= 15 is 0 Å². The van der Waals surface area contributed by atoms with E-state index in [0.29, 0.717) is 6.42 Å². The molecule has 11 heavy (non-hydrogen) atoms. The average Bonchev–Trinajstić information content (AvgIpc) is 1.93. The SMILES string of the molecule is NC(=O)CC1=C(N)CC=CC1. The van der Waals surface area contributed by atoms with Crippen molar-refractivity contribution < 1.29 is 4.79 Å². The van der Waals surface area contributed by atoms with Crippen molar-refractivity contribution in [1.29, 1.82) is 0 Å². The Morgan fingerprint density at radius 2 is 2.09 bits per heavy atom. The van der Waals surface area contributed by atoms with Crippen molar-refractivity contribution in [1.82, 2.24) is 0 Å². The van der Waals surface area contributed by atoms with Gasteiger partial charge in [0.1, 0.15) is 0 Å². The minimum Gasteiger partial charge on any atom is -0.402 e. The molecule has 0 spiro atoms. The van der Waals surface area contributed by atoms with Gasteiger partial charge in [0.05, 0.1) is 0 Å². The standard InChI is InChI=1S/C8H12N2O/c9-7-4-2-1-3-6(7)5-8(10)11/h1-2H,3-5,9H2,(H2,10,11). The molecular formula is C8H12N2O. The van der Waals surface area contributed by atoms with Gasteiger partial charge in [-0.05, 0) is 12.0 Å². The molecule has 0 aliphatic heterocycles. The van der Waals surface area contributed by atoms with E-state index in [2.05, 4.69) is 0 Å². The fourth-order valence-corrected chi connectivity index (χ4v) is 1.11. The number of carbonyl (C=O) groups is 1. The number of primary amides is 1. The third-order valence-corrected chi connectivity index (χ3v) is 1.71.